The van der Waals surface area contributed by atoms with Gasteiger partial charge in [0.2, 0.25) is 0 Å². The summed E-state index contributed by atoms with van der Waals surface area (Å²) in [5, 5.41) is 20.6. The van der Waals surface area contributed by atoms with Crippen molar-refractivity contribution in [2.24, 2.45) is 5.41 Å². The van der Waals surface area contributed by atoms with Crippen molar-refractivity contribution < 1.29 is 19.8 Å². The van der Waals surface area contributed by atoms with Crippen molar-refractivity contribution in [3.63, 3.8) is 0 Å². The third-order valence-electron chi connectivity index (χ3n) is 4.51. The molecule has 0 radical (unpaired) electrons. The molecule has 4 heteroatoms. The second kappa shape index (κ2) is 6.40. The molecule has 0 aliphatic heterocycles. The largest absolute Gasteiger partial charge is 0.480 e. The van der Waals surface area contributed by atoms with Gasteiger partial charge in [-0.1, -0.05) is 60.7 Å². The van der Waals surface area contributed by atoms with E-state index in [9.17, 15) is 19.8 Å². The Morgan fingerprint density at radius 1 is 0.800 bits per heavy atom. The van der Waals surface area contributed by atoms with Crippen LogP contribution in [-0.2, 0) is 16.0 Å². The molecule has 3 rings (SSSR count). The molecular weight excluding hydrogens is 316 g/mol. The zero-order valence-electron chi connectivity index (χ0n) is 13.8. The molecule has 3 aromatic rings. The monoisotopic (exact) mass is 334 g/mol. The smallest absolute Gasteiger partial charge is 0.321 e. The number of hydrogen-bond donors (Lipinski definition) is 2. The first kappa shape index (κ1) is 16.7. The van der Waals surface area contributed by atoms with E-state index in [1.165, 1.54) is 6.92 Å². The summed E-state index contributed by atoms with van der Waals surface area (Å²) in [6.45, 7) is 1.24. The van der Waals surface area contributed by atoms with Gasteiger partial charge in [-0.2, -0.15) is 0 Å². The minimum Gasteiger partial charge on any atom is -0.480 e. The first-order valence-electron chi connectivity index (χ1n) is 7.95. The lowest BCUT2D eigenvalue weighted by Gasteiger charge is -2.19. The third-order valence-corrected chi connectivity index (χ3v) is 4.51. The van der Waals surface area contributed by atoms with Crippen LogP contribution in [0.4, 0.5) is 0 Å². The normalized spacial score (nSPS) is 11.4. The maximum absolute atomic E-state index is 11.4. The molecule has 126 valence electrons. The van der Waals surface area contributed by atoms with Crippen LogP contribution in [0.25, 0.3) is 21.9 Å². The number of carboxylic acid groups (broad SMARTS) is 2. The van der Waals surface area contributed by atoms with E-state index in [1.54, 1.807) is 6.07 Å². The van der Waals surface area contributed by atoms with Gasteiger partial charge in [0.15, 0.2) is 5.41 Å². The van der Waals surface area contributed by atoms with Crippen LogP contribution >= 0.6 is 0 Å². The van der Waals surface area contributed by atoms with Crippen LogP contribution in [0.2, 0.25) is 0 Å². The Balaban J connectivity index is 2.01. The number of hydrogen-bond acceptors (Lipinski definition) is 2. The molecule has 0 fully saturated rings. The quantitative estimate of drug-likeness (QED) is 0.685. The number of carbonyl (C=O) groups is 2. The number of fused-ring (bicyclic) bond motifs is 1. The lowest BCUT2D eigenvalue weighted by atomic mass is 9.83. The van der Waals surface area contributed by atoms with Crippen LogP contribution < -0.4 is 0 Å². The minimum absolute atomic E-state index is 0.0663. The highest BCUT2D eigenvalue weighted by Gasteiger charge is 2.41. The molecule has 0 saturated heterocycles. The van der Waals surface area contributed by atoms with E-state index in [0.29, 0.717) is 5.56 Å². The molecule has 3 aromatic carbocycles. The van der Waals surface area contributed by atoms with Crippen molar-refractivity contribution in [3.8, 4) is 11.1 Å². The summed E-state index contributed by atoms with van der Waals surface area (Å²) in [4.78, 5) is 22.8. The van der Waals surface area contributed by atoms with Crippen molar-refractivity contribution in [1.29, 1.82) is 0 Å². The van der Waals surface area contributed by atoms with Gasteiger partial charge in [0, 0.05) is 0 Å². The van der Waals surface area contributed by atoms with Gasteiger partial charge in [-0.25, -0.2) is 0 Å². The van der Waals surface area contributed by atoms with Gasteiger partial charge in [-0.05, 0) is 46.9 Å². The molecule has 0 amide bonds. The van der Waals surface area contributed by atoms with E-state index < -0.39 is 17.4 Å². The van der Waals surface area contributed by atoms with Crippen LogP contribution in [0.15, 0.2) is 66.7 Å². The van der Waals surface area contributed by atoms with E-state index in [4.69, 9.17) is 0 Å². The maximum Gasteiger partial charge on any atom is 0.321 e. The van der Waals surface area contributed by atoms with Gasteiger partial charge >= 0.3 is 11.9 Å². The van der Waals surface area contributed by atoms with Gasteiger partial charge in [-0.3, -0.25) is 9.59 Å². The molecule has 0 atom stereocenters. The fourth-order valence-corrected chi connectivity index (χ4v) is 2.87. The second-order valence-corrected chi connectivity index (χ2v) is 6.38. The molecule has 0 heterocycles. The van der Waals surface area contributed by atoms with E-state index in [1.807, 2.05) is 60.7 Å². The topological polar surface area (TPSA) is 74.6 Å². The van der Waals surface area contributed by atoms with Gasteiger partial charge in [0.25, 0.3) is 0 Å². The molecule has 2 N–H and O–H groups in total. The van der Waals surface area contributed by atoms with Gasteiger partial charge in [-0.15, -0.1) is 0 Å². The summed E-state index contributed by atoms with van der Waals surface area (Å²) in [6.07, 6.45) is -0.0663. The Hall–Kier alpha value is -3.14. The predicted molar refractivity (Wildman–Crippen MR) is 96.5 cm³/mol. The van der Waals surface area contributed by atoms with Gasteiger partial charge in [0.1, 0.15) is 0 Å². The average Bonchev–Trinajstić information content (AvgIpc) is 2.61. The lowest BCUT2D eigenvalue weighted by molar-refractivity contribution is -0.163. The molecule has 0 aliphatic carbocycles. The van der Waals surface area contributed by atoms with Crippen LogP contribution in [0.3, 0.4) is 0 Å². The van der Waals surface area contributed by atoms with Crippen molar-refractivity contribution in [2.75, 3.05) is 0 Å². The highest BCUT2D eigenvalue weighted by atomic mass is 16.4. The van der Waals surface area contributed by atoms with Gasteiger partial charge in [0.05, 0.1) is 0 Å². The summed E-state index contributed by atoms with van der Waals surface area (Å²) in [5.74, 6) is -2.67. The van der Waals surface area contributed by atoms with Crippen molar-refractivity contribution in [1.82, 2.24) is 0 Å². The minimum atomic E-state index is -1.84. The predicted octanol–water partition coefficient (Wildman–Crippen LogP) is 4.22. The molecule has 0 unspecified atom stereocenters. The van der Waals surface area contributed by atoms with E-state index >= 15 is 0 Å². The Labute approximate surface area is 145 Å². The number of benzene rings is 3. The van der Waals surface area contributed by atoms with Crippen molar-refractivity contribution in [2.45, 2.75) is 13.3 Å². The number of rotatable bonds is 5. The molecule has 0 bridgehead atoms. The van der Waals surface area contributed by atoms with Crippen molar-refractivity contribution in [3.05, 3.63) is 72.3 Å². The summed E-state index contributed by atoms with van der Waals surface area (Å²) in [5.41, 5.74) is 0.996. The Morgan fingerprint density at radius 2 is 1.44 bits per heavy atom. The van der Waals surface area contributed by atoms with Crippen LogP contribution in [0, 0.1) is 5.41 Å². The van der Waals surface area contributed by atoms with Crippen LogP contribution in [0.5, 0.6) is 0 Å². The maximum atomic E-state index is 11.4. The molecule has 0 aliphatic rings. The van der Waals surface area contributed by atoms with Crippen molar-refractivity contribution >= 4 is 22.7 Å². The van der Waals surface area contributed by atoms with Crippen LogP contribution in [-0.4, -0.2) is 22.2 Å². The molecular formula is C21H18O4. The van der Waals surface area contributed by atoms with Gasteiger partial charge < -0.3 is 10.2 Å². The second-order valence-electron chi connectivity index (χ2n) is 6.38. The number of aliphatic carboxylic acids is 2. The Morgan fingerprint density at radius 3 is 2.08 bits per heavy atom. The molecule has 25 heavy (non-hydrogen) atoms. The van der Waals surface area contributed by atoms with E-state index in [2.05, 4.69) is 0 Å². The van der Waals surface area contributed by atoms with E-state index in [-0.39, 0.29) is 6.42 Å². The number of carboxylic acids is 2. The fraction of sp³-hybridized carbons (Fsp3) is 0.143. The highest BCUT2D eigenvalue weighted by molar-refractivity contribution is 5.98. The molecule has 0 saturated carbocycles. The summed E-state index contributed by atoms with van der Waals surface area (Å²) < 4.78 is 0. The lowest BCUT2D eigenvalue weighted by Crippen LogP contribution is -2.38. The van der Waals surface area contributed by atoms with E-state index in [0.717, 1.165) is 21.9 Å². The summed E-state index contributed by atoms with van der Waals surface area (Å²) >= 11 is 0. The zero-order valence-corrected chi connectivity index (χ0v) is 13.8. The first-order valence-corrected chi connectivity index (χ1v) is 7.95. The Kier molecular flexibility index (Phi) is 4.28. The van der Waals surface area contributed by atoms with Crippen LogP contribution in [0.1, 0.15) is 12.5 Å². The molecule has 0 aromatic heterocycles. The first-order chi connectivity index (χ1) is 11.9. The molecule has 0 spiro atoms. The Bertz CT molecular complexity index is 931. The summed E-state index contributed by atoms with van der Waals surface area (Å²) in [6, 6.07) is 21.6. The zero-order chi connectivity index (χ0) is 18.0. The molecule has 4 nitrogen and oxygen atoms in total. The average molecular weight is 334 g/mol. The standard InChI is InChI=1S/C21H18O4/c1-21(19(22)23,20(24)25)13-14-7-8-16-9-10-17(12-18(16)11-14)15-5-3-2-4-6-15/h2-12H,13H2,1H3,(H,22,23)(H,24,25). The summed E-state index contributed by atoms with van der Waals surface area (Å²) in [7, 11) is 0. The third kappa shape index (κ3) is 3.24. The SMILES string of the molecule is CC(Cc1ccc2ccc(-c3ccccc3)cc2c1)(C(=O)O)C(=O)O. The fourth-order valence-electron chi connectivity index (χ4n) is 2.87. The highest BCUT2D eigenvalue weighted by Crippen LogP contribution is 2.28.